The summed E-state index contributed by atoms with van der Waals surface area (Å²) < 4.78 is 5.72. The average molecular weight is 251 g/mol. The molecule has 0 atom stereocenters. The molecular weight excluding hydrogens is 226 g/mol. The fraction of sp³-hybridized carbons (Fsp3) is 0.643. The van der Waals surface area contributed by atoms with Crippen LogP contribution in [0.4, 0.5) is 0 Å². The number of nitrogens with zero attached hydrogens (tertiary/aromatic N) is 2. The molecule has 4 nitrogen and oxygen atoms in total. The number of pyridine rings is 1. The van der Waals surface area contributed by atoms with E-state index in [1.54, 1.807) is 6.20 Å². The summed E-state index contributed by atoms with van der Waals surface area (Å²) >= 11 is 0. The van der Waals surface area contributed by atoms with Crippen molar-refractivity contribution in [1.29, 1.82) is 0 Å². The second-order valence-corrected chi connectivity index (χ2v) is 5.72. The second kappa shape index (κ2) is 6.71. The van der Waals surface area contributed by atoms with Gasteiger partial charge in [0.1, 0.15) is 6.61 Å². The van der Waals surface area contributed by atoms with Gasteiger partial charge in [0.25, 0.3) is 0 Å². The Bertz CT molecular complexity index is 358. The van der Waals surface area contributed by atoms with Crippen LogP contribution in [0, 0.1) is 0 Å². The highest BCUT2D eigenvalue weighted by Crippen LogP contribution is 2.15. The Morgan fingerprint density at radius 2 is 2.06 bits per heavy atom. The molecule has 1 heterocycles. The van der Waals surface area contributed by atoms with Crippen LogP contribution in [0.2, 0.25) is 0 Å². The van der Waals surface area contributed by atoms with E-state index in [0.29, 0.717) is 6.61 Å². The molecule has 0 aliphatic heterocycles. The Kier molecular flexibility index (Phi) is 5.56. The molecule has 0 aromatic carbocycles. The molecule has 4 heteroatoms. The Morgan fingerprint density at radius 3 is 2.67 bits per heavy atom. The highest BCUT2D eigenvalue weighted by molar-refractivity contribution is 5.25. The lowest BCUT2D eigenvalue weighted by molar-refractivity contribution is 0.250. The molecule has 0 fully saturated rings. The Morgan fingerprint density at radius 1 is 1.33 bits per heavy atom. The zero-order valence-electron chi connectivity index (χ0n) is 12.2. The number of hydrogen-bond donors (Lipinski definition) is 1. The molecule has 1 aromatic rings. The molecule has 18 heavy (non-hydrogen) atoms. The lowest BCUT2D eigenvalue weighted by Gasteiger charge is -2.21. The van der Waals surface area contributed by atoms with Crippen molar-refractivity contribution < 1.29 is 4.74 Å². The van der Waals surface area contributed by atoms with Crippen molar-refractivity contribution in [3.05, 3.63) is 23.9 Å². The maximum absolute atomic E-state index is 5.72. The summed E-state index contributed by atoms with van der Waals surface area (Å²) in [7, 11) is 4.06. The van der Waals surface area contributed by atoms with Gasteiger partial charge in [0, 0.05) is 30.4 Å². The van der Waals surface area contributed by atoms with Gasteiger partial charge in [-0.15, -0.1) is 0 Å². The number of aromatic nitrogens is 1. The zero-order valence-corrected chi connectivity index (χ0v) is 12.2. The standard InChI is InChI=1S/C14H25N3O/c1-14(2,3)16-11-12-7-6-8-15-13(12)18-10-9-17(4)5/h6-8,16H,9-11H2,1-5H3. The minimum atomic E-state index is 0.0940. The molecule has 1 rings (SSSR count). The molecule has 0 unspecified atom stereocenters. The maximum Gasteiger partial charge on any atom is 0.217 e. The molecule has 0 bridgehead atoms. The molecule has 0 aliphatic carbocycles. The van der Waals surface area contributed by atoms with Crippen LogP contribution in [0.5, 0.6) is 5.88 Å². The van der Waals surface area contributed by atoms with Crippen molar-refractivity contribution in [2.24, 2.45) is 0 Å². The SMILES string of the molecule is CN(C)CCOc1ncccc1CNC(C)(C)C. The van der Waals surface area contributed by atoms with Crippen molar-refractivity contribution in [2.75, 3.05) is 27.2 Å². The lowest BCUT2D eigenvalue weighted by atomic mass is 10.1. The van der Waals surface area contributed by atoms with E-state index < -0.39 is 0 Å². The van der Waals surface area contributed by atoms with Crippen molar-refractivity contribution in [3.63, 3.8) is 0 Å². The first kappa shape index (κ1) is 14.9. The topological polar surface area (TPSA) is 37.4 Å². The first-order valence-electron chi connectivity index (χ1n) is 6.35. The van der Waals surface area contributed by atoms with Crippen molar-refractivity contribution in [1.82, 2.24) is 15.2 Å². The summed E-state index contributed by atoms with van der Waals surface area (Å²) in [6.07, 6.45) is 1.77. The summed E-state index contributed by atoms with van der Waals surface area (Å²) in [5.74, 6) is 0.733. The fourth-order valence-electron chi connectivity index (χ4n) is 1.37. The number of hydrogen-bond acceptors (Lipinski definition) is 4. The molecule has 0 saturated carbocycles. The zero-order chi connectivity index (χ0) is 13.6. The third-order valence-electron chi connectivity index (χ3n) is 2.44. The van der Waals surface area contributed by atoms with Gasteiger partial charge in [-0.1, -0.05) is 6.07 Å². The van der Waals surface area contributed by atoms with Gasteiger partial charge in [-0.05, 0) is 40.9 Å². The summed E-state index contributed by atoms with van der Waals surface area (Å²) in [6, 6.07) is 4.00. The van der Waals surface area contributed by atoms with E-state index in [1.807, 2.05) is 20.2 Å². The molecular formula is C14H25N3O. The highest BCUT2D eigenvalue weighted by atomic mass is 16.5. The quantitative estimate of drug-likeness (QED) is 0.838. The summed E-state index contributed by atoms with van der Waals surface area (Å²) in [4.78, 5) is 6.39. The lowest BCUT2D eigenvalue weighted by Crippen LogP contribution is -2.35. The summed E-state index contributed by atoms with van der Waals surface area (Å²) in [5, 5.41) is 3.45. The normalized spacial score (nSPS) is 11.9. The smallest absolute Gasteiger partial charge is 0.217 e. The van der Waals surface area contributed by atoms with Crippen molar-refractivity contribution in [3.8, 4) is 5.88 Å². The fourth-order valence-corrected chi connectivity index (χ4v) is 1.37. The van der Waals surface area contributed by atoms with Crippen molar-refractivity contribution >= 4 is 0 Å². The van der Waals surface area contributed by atoms with Gasteiger partial charge in [0.05, 0.1) is 0 Å². The van der Waals surface area contributed by atoms with E-state index in [1.165, 1.54) is 0 Å². The van der Waals surface area contributed by atoms with Crippen molar-refractivity contribution in [2.45, 2.75) is 32.9 Å². The van der Waals surface area contributed by atoms with Gasteiger partial charge in [-0.3, -0.25) is 0 Å². The minimum absolute atomic E-state index is 0.0940. The molecule has 0 radical (unpaired) electrons. The first-order valence-corrected chi connectivity index (χ1v) is 6.35. The third kappa shape index (κ3) is 5.98. The number of likely N-dealkylation sites (N-methyl/N-ethyl adjacent to an activating group) is 1. The predicted octanol–water partition coefficient (Wildman–Crippen LogP) is 1.91. The van der Waals surface area contributed by atoms with Gasteiger partial charge in [-0.2, -0.15) is 0 Å². The summed E-state index contributed by atoms with van der Waals surface area (Å²) in [6.45, 7) is 8.77. The molecule has 0 saturated heterocycles. The molecule has 102 valence electrons. The van der Waals surface area contributed by atoms with E-state index in [-0.39, 0.29) is 5.54 Å². The van der Waals surface area contributed by atoms with E-state index in [2.05, 4.69) is 42.0 Å². The van der Waals surface area contributed by atoms with E-state index in [9.17, 15) is 0 Å². The highest BCUT2D eigenvalue weighted by Gasteiger charge is 2.11. The maximum atomic E-state index is 5.72. The van der Waals surface area contributed by atoms with E-state index >= 15 is 0 Å². The monoisotopic (exact) mass is 251 g/mol. The van der Waals surface area contributed by atoms with Gasteiger partial charge in [-0.25, -0.2) is 4.98 Å². The molecule has 1 N–H and O–H groups in total. The molecule has 1 aromatic heterocycles. The number of rotatable bonds is 6. The van der Waals surface area contributed by atoms with Crippen LogP contribution in [0.1, 0.15) is 26.3 Å². The van der Waals surface area contributed by atoms with Gasteiger partial charge in [0.2, 0.25) is 5.88 Å². The van der Waals surface area contributed by atoms with E-state index in [4.69, 9.17) is 4.74 Å². The Labute approximate surface area is 110 Å². The first-order chi connectivity index (χ1) is 8.38. The van der Waals surface area contributed by atoms with Crippen LogP contribution in [0.3, 0.4) is 0 Å². The molecule has 0 spiro atoms. The van der Waals surface area contributed by atoms with Gasteiger partial charge in [0.15, 0.2) is 0 Å². The second-order valence-electron chi connectivity index (χ2n) is 5.72. The molecule has 0 aliphatic rings. The largest absolute Gasteiger partial charge is 0.476 e. The predicted molar refractivity (Wildman–Crippen MR) is 74.9 cm³/mol. The average Bonchev–Trinajstić information content (AvgIpc) is 2.26. The van der Waals surface area contributed by atoms with Crippen LogP contribution in [0.15, 0.2) is 18.3 Å². The number of nitrogens with one attached hydrogen (secondary N) is 1. The van der Waals surface area contributed by atoms with Crippen LogP contribution >= 0.6 is 0 Å². The minimum Gasteiger partial charge on any atom is -0.476 e. The van der Waals surface area contributed by atoms with Gasteiger partial charge >= 0.3 is 0 Å². The van der Waals surface area contributed by atoms with Crippen LogP contribution in [0.25, 0.3) is 0 Å². The van der Waals surface area contributed by atoms with Crippen LogP contribution in [-0.4, -0.2) is 42.7 Å². The van der Waals surface area contributed by atoms with Gasteiger partial charge < -0.3 is 15.0 Å². The Hall–Kier alpha value is -1.13. The summed E-state index contributed by atoms with van der Waals surface area (Å²) in [5.41, 5.74) is 1.20. The Balaban J connectivity index is 2.56. The van der Waals surface area contributed by atoms with E-state index in [0.717, 1.165) is 24.5 Å². The third-order valence-corrected chi connectivity index (χ3v) is 2.44. The molecule has 0 amide bonds. The van der Waals surface area contributed by atoms with Crippen LogP contribution < -0.4 is 10.1 Å². The van der Waals surface area contributed by atoms with Crippen LogP contribution in [-0.2, 0) is 6.54 Å². The number of ether oxygens (including phenoxy) is 1.